The van der Waals surface area contributed by atoms with Crippen molar-refractivity contribution < 1.29 is 35.8 Å². The first-order chi connectivity index (χ1) is 19.1. The van der Waals surface area contributed by atoms with Crippen LogP contribution in [0.5, 0.6) is 17.2 Å². The van der Waals surface area contributed by atoms with Gasteiger partial charge in [0.1, 0.15) is 33.8 Å². The fraction of sp³-hybridized carbons (Fsp3) is 0.148. The number of methoxy groups -OCH3 is 2. The molecular weight excluding hydrogens is 571 g/mol. The van der Waals surface area contributed by atoms with Crippen LogP contribution < -0.4 is 23.8 Å². The lowest BCUT2D eigenvalue weighted by Gasteiger charge is -2.25. The maximum absolute atomic E-state index is 15.4. The lowest BCUT2D eigenvalue weighted by atomic mass is 10.2. The van der Waals surface area contributed by atoms with Crippen molar-refractivity contribution in [2.45, 2.75) is 18.1 Å². The summed E-state index contributed by atoms with van der Waals surface area (Å²) in [5.41, 5.74) is 0.746. The maximum atomic E-state index is 15.4. The number of pyridine rings is 1. The van der Waals surface area contributed by atoms with E-state index >= 15 is 4.39 Å². The van der Waals surface area contributed by atoms with Crippen LogP contribution >= 0.6 is 11.6 Å². The number of anilines is 3. The van der Waals surface area contributed by atoms with E-state index in [1.54, 1.807) is 30.3 Å². The fourth-order valence-corrected chi connectivity index (χ4v) is 5.43. The zero-order valence-corrected chi connectivity index (χ0v) is 22.6. The van der Waals surface area contributed by atoms with E-state index in [9.17, 15) is 17.2 Å². The number of rotatable bonds is 11. The number of alkyl halides is 2. The normalized spacial score (nSPS) is 11.3. The summed E-state index contributed by atoms with van der Waals surface area (Å²) in [4.78, 5) is 3.47. The Kier molecular flexibility index (Phi) is 8.90. The largest absolute Gasteiger partial charge is 0.497 e. The van der Waals surface area contributed by atoms with Gasteiger partial charge in [-0.3, -0.25) is 0 Å². The number of nitrogens with zero attached hydrogens (tertiary/aromatic N) is 2. The van der Waals surface area contributed by atoms with Crippen LogP contribution in [0.25, 0.3) is 0 Å². The summed E-state index contributed by atoms with van der Waals surface area (Å²) in [6, 6.07) is 17.9. The van der Waals surface area contributed by atoms with Gasteiger partial charge in [-0.25, -0.2) is 22.1 Å². The highest BCUT2D eigenvalue weighted by atomic mass is 35.5. The Morgan fingerprint density at radius 1 is 1.05 bits per heavy atom. The Bertz CT molecular complexity index is 1580. The molecule has 0 aliphatic heterocycles. The molecule has 8 nitrogen and oxygen atoms in total. The number of ether oxygens (including phenoxy) is 3. The summed E-state index contributed by atoms with van der Waals surface area (Å²) in [6.45, 7) is -3.24. The highest BCUT2D eigenvalue weighted by molar-refractivity contribution is 7.92. The molecular formula is C27H22ClF3N3O5S. The smallest absolute Gasteiger partial charge is 0.387 e. The van der Waals surface area contributed by atoms with E-state index in [0.717, 1.165) is 22.5 Å². The maximum Gasteiger partial charge on any atom is 0.387 e. The van der Waals surface area contributed by atoms with Crippen LogP contribution in [-0.4, -0.2) is 34.2 Å². The van der Waals surface area contributed by atoms with Gasteiger partial charge in [-0.2, -0.15) is 8.78 Å². The second kappa shape index (κ2) is 12.3. The number of hydrogen-bond acceptors (Lipinski definition) is 7. The van der Waals surface area contributed by atoms with Crippen molar-refractivity contribution in [3.05, 3.63) is 95.4 Å². The lowest BCUT2D eigenvalue weighted by molar-refractivity contribution is -0.0498. The minimum atomic E-state index is -4.55. The fourth-order valence-electron chi connectivity index (χ4n) is 3.68. The Morgan fingerprint density at radius 2 is 1.82 bits per heavy atom. The molecule has 1 heterocycles. The molecule has 3 aromatic carbocycles. The summed E-state index contributed by atoms with van der Waals surface area (Å²) in [5.74, 6) is -0.315. The molecule has 0 amide bonds. The second-order valence-electron chi connectivity index (χ2n) is 8.08. The van der Waals surface area contributed by atoms with Crippen LogP contribution in [0.3, 0.4) is 0 Å². The average molecular weight is 593 g/mol. The third-order valence-corrected chi connectivity index (χ3v) is 7.66. The van der Waals surface area contributed by atoms with Gasteiger partial charge in [0, 0.05) is 35.6 Å². The van der Waals surface area contributed by atoms with Crippen molar-refractivity contribution in [3.8, 4) is 17.2 Å². The Hall–Kier alpha value is -4.16. The quantitative estimate of drug-likeness (QED) is 0.215. The summed E-state index contributed by atoms with van der Waals surface area (Å²) >= 11 is 6.35. The summed E-state index contributed by atoms with van der Waals surface area (Å²) in [6.07, 6.45) is 1.41. The molecule has 0 atom stereocenters. The average Bonchev–Trinajstić information content (AvgIpc) is 2.94. The standard InChI is InChI=1S/C27H22ClF3N3O5S/c1-37-20-9-6-17(24(13-20)38-2)16-34(26-5-3-4-12-32-26)40(35,36)25-14-21(28)23(15-22(25)29)33-18-7-10-19(11-8-18)39-27(30)31/h3-7,9-15,27,33H,16H2,1-2H3. The van der Waals surface area contributed by atoms with Crippen molar-refractivity contribution >= 4 is 38.8 Å². The van der Waals surface area contributed by atoms with E-state index in [-0.39, 0.29) is 34.5 Å². The van der Waals surface area contributed by atoms with Gasteiger partial charge in [-0.1, -0.05) is 17.7 Å². The van der Waals surface area contributed by atoms with E-state index in [1.807, 2.05) is 0 Å². The molecule has 0 saturated carbocycles. The molecule has 0 saturated heterocycles. The number of hydrogen-bond donors (Lipinski definition) is 1. The SMILES string of the molecule is COc1ccc(CN(c2ccccn2)S(=O)(=O)c2cc(Cl)c(Nc3[c]cc(OC(F)F)cc3)cc2F)c(OC)c1. The number of aromatic nitrogens is 1. The lowest BCUT2D eigenvalue weighted by Crippen LogP contribution is -2.32. The molecule has 0 unspecified atom stereocenters. The zero-order chi connectivity index (χ0) is 28.9. The van der Waals surface area contributed by atoms with Crippen LogP contribution in [0, 0.1) is 11.9 Å². The number of sulfonamides is 1. The molecule has 1 radical (unpaired) electrons. The van der Waals surface area contributed by atoms with Crippen molar-refractivity contribution in [2.24, 2.45) is 0 Å². The van der Waals surface area contributed by atoms with Gasteiger partial charge < -0.3 is 19.5 Å². The number of nitrogens with one attached hydrogen (secondary N) is 1. The summed E-state index contributed by atoms with van der Waals surface area (Å²) in [5, 5.41) is 2.66. The molecule has 209 valence electrons. The van der Waals surface area contributed by atoms with Crippen LogP contribution in [-0.2, 0) is 16.6 Å². The van der Waals surface area contributed by atoms with E-state index in [1.165, 1.54) is 38.6 Å². The third kappa shape index (κ3) is 6.52. The van der Waals surface area contributed by atoms with Crippen LogP contribution in [0.4, 0.5) is 30.4 Å². The van der Waals surface area contributed by atoms with Crippen molar-refractivity contribution in [1.82, 2.24) is 4.98 Å². The minimum absolute atomic E-state index is 0.0260. The Morgan fingerprint density at radius 3 is 2.45 bits per heavy atom. The molecule has 4 aromatic rings. The first-order valence-corrected chi connectivity index (χ1v) is 13.3. The van der Waals surface area contributed by atoms with Crippen LogP contribution in [0.15, 0.2) is 77.8 Å². The number of halogens is 4. The first kappa shape index (κ1) is 28.8. The van der Waals surface area contributed by atoms with Gasteiger partial charge in [0.25, 0.3) is 10.0 Å². The molecule has 1 N–H and O–H groups in total. The minimum Gasteiger partial charge on any atom is -0.497 e. The third-order valence-electron chi connectivity index (χ3n) is 5.58. The molecule has 40 heavy (non-hydrogen) atoms. The van der Waals surface area contributed by atoms with Crippen molar-refractivity contribution in [1.29, 1.82) is 0 Å². The molecule has 13 heteroatoms. The first-order valence-electron chi connectivity index (χ1n) is 11.5. The molecule has 4 rings (SSSR count). The monoisotopic (exact) mass is 592 g/mol. The number of benzene rings is 3. The van der Waals surface area contributed by atoms with Crippen LogP contribution in [0.1, 0.15) is 5.56 Å². The van der Waals surface area contributed by atoms with E-state index < -0.39 is 27.3 Å². The van der Waals surface area contributed by atoms with Gasteiger partial charge in [-0.05, 0) is 48.5 Å². The van der Waals surface area contributed by atoms with E-state index in [0.29, 0.717) is 17.1 Å². The molecule has 1 aromatic heterocycles. The molecule has 0 aliphatic rings. The molecule has 0 fully saturated rings. The van der Waals surface area contributed by atoms with Gasteiger partial charge >= 0.3 is 6.61 Å². The predicted molar refractivity (Wildman–Crippen MR) is 144 cm³/mol. The predicted octanol–water partition coefficient (Wildman–Crippen LogP) is 6.43. The van der Waals surface area contributed by atoms with Gasteiger partial charge in [0.05, 0.1) is 31.5 Å². The summed E-state index contributed by atoms with van der Waals surface area (Å²) < 4.78 is 83.7. The zero-order valence-electron chi connectivity index (χ0n) is 21.1. The van der Waals surface area contributed by atoms with Crippen LogP contribution in [0.2, 0.25) is 5.02 Å². The molecule has 0 bridgehead atoms. The highest BCUT2D eigenvalue weighted by Gasteiger charge is 2.31. The van der Waals surface area contributed by atoms with Crippen molar-refractivity contribution in [2.75, 3.05) is 23.8 Å². The van der Waals surface area contributed by atoms with E-state index in [2.05, 4.69) is 21.1 Å². The van der Waals surface area contributed by atoms with Gasteiger partial charge in [0.2, 0.25) is 0 Å². The second-order valence-corrected chi connectivity index (χ2v) is 10.3. The Labute approximate surface area is 233 Å². The highest BCUT2D eigenvalue weighted by Crippen LogP contribution is 2.35. The topological polar surface area (TPSA) is 90.0 Å². The van der Waals surface area contributed by atoms with Gasteiger partial charge in [-0.15, -0.1) is 0 Å². The summed E-state index contributed by atoms with van der Waals surface area (Å²) in [7, 11) is -1.64. The van der Waals surface area contributed by atoms with E-state index in [4.69, 9.17) is 21.1 Å². The van der Waals surface area contributed by atoms with Gasteiger partial charge in [0.15, 0.2) is 0 Å². The molecule has 0 spiro atoms. The Balaban J connectivity index is 1.69. The molecule has 0 aliphatic carbocycles. The van der Waals surface area contributed by atoms with Crippen molar-refractivity contribution in [3.63, 3.8) is 0 Å².